The van der Waals surface area contributed by atoms with Crippen molar-refractivity contribution in [2.45, 2.75) is 43.6 Å². The van der Waals surface area contributed by atoms with E-state index < -0.39 is 5.79 Å². The second-order valence-corrected chi connectivity index (χ2v) is 8.94. The van der Waals surface area contributed by atoms with Crippen molar-refractivity contribution in [3.63, 3.8) is 0 Å². The number of benzene rings is 2. The van der Waals surface area contributed by atoms with Gasteiger partial charge in [0.05, 0.1) is 5.75 Å². The second kappa shape index (κ2) is 7.92. The number of hydrogen-bond acceptors (Lipinski definition) is 6. The van der Waals surface area contributed by atoms with Crippen LogP contribution in [0.1, 0.15) is 31.2 Å². The van der Waals surface area contributed by atoms with E-state index in [-0.39, 0.29) is 11.7 Å². The van der Waals surface area contributed by atoms with Gasteiger partial charge in [-0.25, -0.2) is 0 Å². The molecular weight excluding hydrogens is 412 g/mol. The molecule has 7 nitrogen and oxygen atoms in total. The first-order valence-corrected chi connectivity index (χ1v) is 11.4. The maximum absolute atomic E-state index is 12.5. The lowest BCUT2D eigenvalue weighted by atomic mass is 10.1. The number of carbonyl (C=O) groups is 1. The van der Waals surface area contributed by atoms with Gasteiger partial charge in [0.25, 0.3) is 5.79 Å². The second-order valence-electron chi connectivity index (χ2n) is 8.00. The Hall–Kier alpha value is -3.00. The predicted molar refractivity (Wildman–Crippen MR) is 119 cm³/mol. The minimum Gasteiger partial charge on any atom is -0.448 e. The summed E-state index contributed by atoms with van der Waals surface area (Å²) in [4.78, 5) is 12.5. The summed E-state index contributed by atoms with van der Waals surface area (Å²) >= 11 is 1.36. The van der Waals surface area contributed by atoms with Crippen LogP contribution in [0.3, 0.4) is 0 Å². The minimum absolute atomic E-state index is 0.111. The van der Waals surface area contributed by atoms with Crippen LogP contribution in [-0.2, 0) is 11.8 Å². The minimum atomic E-state index is -0.499. The van der Waals surface area contributed by atoms with Crippen molar-refractivity contribution in [2.24, 2.45) is 7.05 Å². The van der Waals surface area contributed by atoms with Gasteiger partial charge >= 0.3 is 0 Å². The predicted octanol–water partition coefficient (Wildman–Crippen LogP) is 4.56. The Morgan fingerprint density at radius 3 is 2.71 bits per heavy atom. The maximum Gasteiger partial charge on any atom is 0.251 e. The SMILES string of the molecule is Cc1ccccc1-c1nnc(SCC(=O)Nc2ccc3c(c2)OC2(CCCC2)O3)n1C. The normalized spacial score (nSPS) is 16.1. The Labute approximate surface area is 185 Å². The van der Waals surface area contributed by atoms with E-state index in [9.17, 15) is 4.79 Å². The van der Waals surface area contributed by atoms with Crippen LogP contribution in [-0.4, -0.2) is 32.2 Å². The lowest BCUT2D eigenvalue weighted by molar-refractivity contribution is -0.113. The highest BCUT2D eigenvalue weighted by molar-refractivity contribution is 7.99. The van der Waals surface area contributed by atoms with Gasteiger partial charge < -0.3 is 19.4 Å². The molecule has 160 valence electrons. The quantitative estimate of drug-likeness (QED) is 0.591. The Kier molecular flexibility index (Phi) is 5.09. The fourth-order valence-electron chi connectivity index (χ4n) is 4.12. The van der Waals surface area contributed by atoms with Crippen LogP contribution >= 0.6 is 11.8 Å². The van der Waals surface area contributed by atoms with E-state index in [0.29, 0.717) is 16.6 Å². The van der Waals surface area contributed by atoms with Crippen LogP contribution in [0.25, 0.3) is 11.4 Å². The number of aromatic nitrogens is 3. The van der Waals surface area contributed by atoms with E-state index >= 15 is 0 Å². The molecule has 1 aromatic heterocycles. The Morgan fingerprint density at radius 1 is 1.13 bits per heavy atom. The number of aryl methyl sites for hydroxylation is 1. The van der Waals surface area contributed by atoms with E-state index in [2.05, 4.69) is 15.5 Å². The number of nitrogens with zero attached hydrogens (tertiary/aromatic N) is 3. The standard InChI is InChI=1S/C23H24N4O3S/c1-15-7-3-4-8-17(15)21-25-26-22(27(21)2)31-14-20(28)24-16-9-10-18-19(13-16)30-23(29-18)11-5-6-12-23/h3-4,7-10,13H,5-6,11-12,14H2,1-2H3,(H,24,28). The number of rotatable bonds is 5. The first kappa shape index (κ1) is 19.9. The van der Waals surface area contributed by atoms with E-state index in [1.165, 1.54) is 11.8 Å². The molecule has 1 aliphatic carbocycles. The molecule has 0 bridgehead atoms. The number of carbonyl (C=O) groups excluding carboxylic acids is 1. The molecule has 2 aromatic carbocycles. The molecule has 1 spiro atoms. The molecule has 1 aliphatic heterocycles. The van der Waals surface area contributed by atoms with Crippen LogP contribution in [0.2, 0.25) is 0 Å². The van der Waals surface area contributed by atoms with Crippen molar-refractivity contribution in [2.75, 3.05) is 11.1 Å². The molecule has 8 heteroatoms. The lowest BCUT2D eigenvalue weighted by Gasteiger charge is -2.21. The molecule has 31 heavy (non-hydrogen) atoms. The van der Waals surface area contributed by atoms with Crippen LogP contribution in [0.15, 0.2) is 47.6 Å². The van der Waals surface area contributed by atoms with Crippen molar-refractivity contribution >= 4 is 23.4 Å². The van der Waals surface area contributed by atoms with Crippen molar-refractivity contribution < 1.29 is 14.3 Å². The van der Waals surface area contributed by atoms with Crippen molar-refractivity contribution in [3.05, 3.63) is 48.0 Å². The fourth-order valence-corrected chi connectivity index (χ4v) is 4.83. The summed E-state index contributed by atoms with van der Waals surface area (Å²) in [6.45, 7) is 2.05. The number of amides is 1. The Balaban J connectivity index is 1.21. The molecule has 0 atom stereocenters. The van der Waals surface area contributed by atoms with Gasteiger partial charge in [-0.15, -0.1) is 10.2 Å². The molecule has 0 radical (unpaired) electrons. The highest BCUT2D eigenvalue weighted by Gasteiger charge is 2.44. The van der Waals surface area contributed by atoms with Crippen LogP contribution in [0.5, 0.6) is 11.5 Å². The first-order valence-electron chi connectivity index (χ1n) is 10.4. The molecule has 5 rings (SSSR count). The van der Waals surface area contributed by atoms with Gasteiger partial charge in [-0.1, -0.05) is 36.0 Å². The average molecular weight is 437 g/mol. The van der Waals surface area contributed by atoms with Crippen LogP contribution < -0.4 is 14.8 Å². The van der Waals surface area contributed by atoms with Gasteiger partial charge in [0, 0.05) is 37.2 Å². The van der Waals surface area contributed by atoms with Crippen LogP contribution in [0.4, 0.5) is 5.69 Å². The molecule has 0 unspecified atom stereocenters. The Bertz CT molecular complexity index is 1140. The van der Waals surface area contributed by atoms with E-state index in [0.717, 1.165) is 48.4 Å². The third kappa shape index (κ3) is 3.87. The van der Waals surface area contributed by atoms with Crippen molar-refractivity contribution in [3.8, 4) is 22.9 Å². The topological polar surface area (TPSA) is 78.3 Å². The largest absolute Gasteiger partial charge is 0.448 e. The van der Waals surface area contributed by atoms with E-state index in [4.69, 9.17) is 9.47 Å². The van der Waals surface area contributed by atoms with E-state index in [1.54, 1.807) is 0 Å². The average Bonchev–Trinajstić information content (AvgIpc) is 3.46. The van der Waals surface area contributed by atoms with Crippen molar-refractivity contribution in [1.29, 1.82) is 0 Å². The fraction of sp³-hybridized carbons (Fsp3) is 0.348. The summed E-state index contributed by atoms with van der Waals surface area (Å²) < 4.78 is 14.0. The highest BCUT2D eigenvalue weighted by Crippen LogP contribution is 2.47. The molecule has 1 N–H and O–H groups in total. The summed E-state index contributed by atoms with van der Waals surface area (Å²) in [5, 5.41) is 12.2. The first-order chi connectivity index (χ1) is 15.0. The van der Waals surface area contributed by atoms with Crippen molar-refractivity contribution in [1.82, 2.24) is 14.8 Å². The monoisotopic (exact) mass is 436 g/mol. The van der Waals surface area contributed by atoms with Gasteiger partial charge in [-0.3, -0.25) is 4.79 Å². The molecule has 2 heterocycles. The summed E-state index contributed by atoms with van der Waals surface area (Å²) in [6, 6.07) is 13.6. The molecule has 2 aliphatic rings. The summed E-state index contributed by atoms with van der Waals surface area (Å²) in [7, 11) is 1.92. The number of anilines is 1. The third-order valence-electron chi connectivity index (χ3n) is 5.74. The molecule has 0 saturated heterocycles. The van der Waals surface area contributed by atoms with Gasteiger partial charge in [-0.2, -0.15) is 0 Å². The zero-order chi connectivity index (χ0) is 21.4. The molecular formula is C23H24N4O3S. The summed E-state index contributed by atoms with van der Waals surface area (Å²) in [5.41, 5.74) is 2.87. The Morgan fingerprint density at radius 2 is 1.90 bits per heavy atom. The van der Waals surface area contributed by atoms with Gasteiger partial charge in [-0.05, 0) is 37.5 Å². The van der Waals surface area contributed by atoms with Crippen LogP contribution in [0, 0.1) is 6.92 Å². The molecule has 3 aromatic rings. The summed E-state index contributed by atoms with van der Waals surface area (Å²) in [6.07, 6.45) is 4.04. The van der Waals surface area contributed by atoms with Gasteiger partial charge in [0.2, 0.25) is 5.91 Å². The molecule has 1 amide bonds. The number of ether oxygens (including phenoxy) is 2. The summed E-state index contributed by atoms with van der Waals surface area (Å²) in [5.74, 6) is 1.86. The van der Waals surface area contributed by atoms with Gasteiger partial charge in [0.1, 0.15) is 0 Å². The number of thioether (sulfide) groups is 1. The number of fused-ring (bicyclic) bond motifs is 1. The van der Waals surface area contributed by atoms with E-state index in [1.807, 2.05) is 61.0 Å². The zero-order valence-electron chi connectivity index (χ0n) is 17.6. The smallest absolute Gasteiger partial charge is 0.251 e. The molecule has 1 saturated carbocycles. The molecule has 1 fully saturated rings. The lowest BCUT2D eigenvalue weighted by Crippen LogP contribution is -2.34. The number of hydrogen-bond donors (Lipinski definition) is 1. The van der Waals surface area contributed by atoms with Gasteiger partial charge in [0.15, 0.2) is 22.5 Å². The maximum atomic E-state index is 12.5. The highest BCUT2D eigenvalue weighted by atomic mass is 32.2. The number of nitrogens with one attached hydrogen (secondary N) is 1. The zero-order valence-corrected chi connectivity index (χ0v) is 18.4. The third-order valence-corrected chi connectivity index (χ3v) is 6.76.